The number of aromatic hydroxyl groups is 1. The number of carbonyl (C=O) groups is 1. The fourth-order valence-corrected chi connectivity index (χ4v) is 1.94. The topological polar surface area (TPSA) is 83.5 Å². The van der Waals surface area contributed by atoms with Gasteiger partial charge in [-0.15, -0.1) is 0 Å². The summed E-state index contributed by atoms with van der Waals surface area (Å²) in [4.78, 5) is 12.2. The second-order valence-corrected chi connectivity index (χ2v) is 4.72. The lowest BCUT2D eigenvalue weighted by atomic mass is 10.00. The Kier molecular flexibility index (Phi) is 4.50. The number of rotatable bonds is 5. The number of benzene rings is 2. The minimum atomic E-state index is -0.284. The van der Waals surface area contributed by atoms with Crippen LogP contribution in [0.2, 0.25) is 0 Å². The molecule has 0 aliphatic rings. The van der Waals surface area contributed by atoms with Crippen LogP contribution in [0.3, 0.4) is 0 Å². The van der Waals surface area contributed by atoms with Crippen LogP contribution in [-0.2, 0) is 6.42 Å². The van der Waals surface area contributed by atoms with E-state index in [4.69, 9.17) is 10.8 Å². The highest BCUT2D eigenvalue weighted by molar-refractivity contribution is 6.09. The van der Waals surface area contributed by atoms with E-state index in [1.54, 1.807) is 24.3 Å². The maximum absolute atomic E-state index is 12.2. The van der Waals surface area contributed by atoms with Crippen molar-refractivity contribution in [1.29, 1.82) is 0 Å². The molecule has 4 nitrogen and oxygen atoms in total. The first-order valence-electron chi connectivity index (χ1n) is 6.39. The van der Waals surface area contributed by atoms with Crippen molar-refractivity contribution in [3.8, 4) is 5.75 Å². The second kappa shape index (κ2) is 6.32. The minimum Gasteiger partial charge on any atom is -0.508 e. The van der Waals surface area contributed by atoms with Gasteiger partial charge in [0.2, 0.25) is 0 Å². The number of phenols is 1. The zero-order valence-electron chi connectivity index (χ0n) is 11.0. The number of phenolic OH excluding ortho intramolecular Hbond substituents is 1. The normalized spacial score (nSPS) is 12.1. The third kappa shape index (κ3) is 3.44. The van der Waals surface area contributed by atoms with E-state index in [2.05, 4.69) is 0 Å². The van der Waals surface area contributed by atoms with E-state index >= 15 is 0 Å². The molecule has 0 amide bonds. The lowest BCUT2D eigenvalue weighted by Gasteiger charge is -2.08. The molecule has 0 aromatic heterocycles. The third-order valence-corrected chi connectivity index (χ3v) is 3.08. The predicted octanol–water partition coefficient (Wildman–Crippen LogP) is 1.49. The fourth-order valence-electron chi connectivity index (χ4n) is 1.94. The molecule has 0 aliphatic carbocycles. The van der Waals surface area contributed by atoms with Gasteiger partial charge < -0.3 is 15.9 Å². The Balaban J connectivity index is 2.13. The number of aliphatic hydroxyl groups excluding tert-OH is 1. The molecular weight excluding hydrogens is 254 g/mol. The van der Waals surface area contributed by atoms with Crippen LogP contribution in [0.5, 0.6) is 5.75 Å². The highest BCUT2D eigenvalue weighted by Gasteiger charge is 2.09. The zero-order valence-corrected chi connectivity index (χ0v) is 11.0. The predicted molar refractivity (Wildman–Crippen MR) is 76.7 cm³/mol. The van der Waals surface area contributed by atoms with E-state index in [1.165, 1.54) is 12.1 Å². The number of ketones is 1. The summed E-state index contributed by atoms with van der Waals surface area (Å²) in [5.41, 5.74) is 7.76. The maximum atomic E-state index is 12.2. The SMILES string of the molecule is N[C@@H](CO)Cc1ccc(C(=O)c2ccc(O)cc2)cc1. The van der Waals surface area contributed by atoms with Crippen LogP contribution in [-0.4, -0.2) is 28.6 Å². The molecule has 4 heteroatoms. The molecule has 0 spiro atoms. The molecule has 0 aliphatic heterocycles. The smallest absolute Gasteiger partial charge is 0.193 e. The van der Waals surface area contributed by atoms with Crippen molar-refractivity contribution in [2.24, 2.45) is 5.73 Å². The molecule has 0 saturated carbocycles. The molecule has 0 radical (unpaired) electrons. The van der Waals surface area contributed by atoms with Crippen molar-refractivity contribution in [1.82, 2.24) is 0 Å². The molecule has 0 fully saturated rings. The average molecular weight is 271 g/mol. The van der Waals surface area contributed by atoms with Crippen LogP contribution in [0.1, 0.15) is 21.5 Å². The third-order valence-electron chi connectivity index (χ3n) is 3.08. The molecular formula is C16H17NO3. The van der Waals surface area contributed by atoms with Gasteiger partial charge in [0, 0.05) is 17.2 Å². The Labute approximate surface area is 117 Å². The second-order valence-electron chi connectivity index (χ2n) is 4.72. The van der Waals surface area contributed by atoms with Crippen molar-refractivity contribution >= 4 is 5.78 Å². The van der Waals surface area contributed by atoms with E-state index in [0.29, 0.717) is 17.5 Å². The average Bonchev–Trinajstić information content (AvgIpc) is 2.48. The van der Waals surface area contributed by atoms with Gasteiger partial charge in [-0.25, -0.2) is 0 Å². The van der Waals surface area contributed by atoms with E-state index in [9.17, 15) is 9.90 Å². The summed E-state index contributed by atoms with van der Waals surface area (Å²) in [6, 6.07) is 13.0. The summed E-state index contributed by atoms with van der Waals surface area (Å²) in [5, 5.41) is 18.1. The standard InChI is InChI=1S/C16H17NO3/c17-14(10-18)9-11-1-3-12(4-2-11)16(20)13-5-7-15(19)8-6-13/h1-8,14,18-19H,9-10,17H2/t14-/m1/s1. The van der Waals surface area contributed by atoms with Gasteiger partial charge in [0.05, 0.1) is 6.61 Å². The zero-order chi connectivity index (χ0) is 14.5. The van der Waals surface area contributed by atoms with Gasteiger partial charge in [-0.3, -0.25) is 4.79 Å². The van der Waals surface area contributed by atoms with Crippen molar-refractivity contribution in [2.45, 2.75) is 12.5 Å². The van der Waals surface area contributed by atoms with Gasteiger partial charge in [-0.2, -0.15) is 0 Å². The Bertz CT molecular complexity index is 576. The van der Waals surface area contributed by atoms with Crippen LogP contribution in [0.25, 0.3) is 0 Å². The first-order valence-corrected chi connectivity index (χ1v) is 6.39. The van der Waals surface area contributed by atoms with Gasteiger partial charge in [0.25, 0.3) is 0 Å². The Morgan fingerprint density at radius 3 is 2.00 bits per heavy atom. The number of hydrogen-bond acceptors (Lipinski definition) is 4. The van der Waals surface area contributed by atoms with E-state index in [0.717, 1.165) is 5.56 Å². The van der Waals surface area contributed by atoms with E-state index in [1.807, 2.05) is 12.1 Å². The van der Waals surface area contributed by atoms with Crippen molar-refractivity contribution in [3.05, 3.63) is 65.2 Å². The Morgan fingerprint density at radius 1 is 1.00 bits per heavy atom. The number of aliphatic hydroxyl groups is 1. The van der Waals surface area contributed by atoms with Gasteiger partial charge >= 0.3 is 0 Å². The van der Waals surface area contributed by atoms with Crippen LogP contribution < -0.4 is 5.73 Å². The van der Waals surface area contributed by atoms with E-state index in [-0.39, 0.29) is 24.2 Å². The molecule has 0 heterocycles. The first-order chi connectivity index (χ1) is 9.60. The number of hydrogen-bond donors (Lipinski definition) is 3. The lowest BCUT2D eigenvalue weighted by Crippen LogP contribution is -2.26. The quantitative estimate of drug-likeness (QED) is 0.719. The molecule has 104 valence electrons. The molecule has 20 heavy (non-hydrogen) atoms. The molecule has 2 aromatic rings. The molecule has 0 saturated heterocycles. The molecule has 2 rings (SSSR count). The Morgan fingerprint density at radius 2 is 1.50 bits per heavy atom. The molecule has 4 N–H and O–H groups in total. The van der Waals surface area contributed by atoms with Crippen molar-refractivity contribution < 1.29 is 15.0 Å². The highest BCUT2D eigenvalue weighted by Crippen LogP contribution is 2.15. The summed E-state index contributed by atoms with van der Waals surface area (Å²) < 4.78 is 0. The van der Waals surface area contributed by atoms with Gasteiger partial charge in [-0.1, -0.05) is 24.3 Å². The molecule has 1 atom stereocenters. The van der Waals surface area contributed by atoms with E-state index < -0.39 is 0 Å². The van der Waals surface area contributed by atoms with Crippen LogP contribution >= 0.6 is 0 Å². The molecule has 2 aromatic carbocycles. The van der Waals surface area contributed by atoms with Crippen molar-refractivity contribution in [3.63, 3.8) is 0 Å². The summed E-state index contributed by atoms with van der Waals surface area (Å²) >= 11 is 0. The summed E-state index contributed by atoms with van der Waals surface area (Å²) in [7, 11) is 0. The number of nitrogens with two attached hydrogens (primary N) is 1. The Hall–Kier alpha value is -2.17. The van der Waals surface area contributed by atoms with Crippen molar-refractivity contribution in [2.75, 3.05) is 6.61 Å². The van der Waals surface area contributed by atoms with Crippen LogP contribution in [0, 0.1) is 0 Å². The molecule has 0 unspecified atom stereocenters. The van der Waals surface area contributed by atoms with Gasteiger partial charge in [0.1, 0.15) is 5.75 Å². The monoisotopic (exact) mass is 271 g/mol. The summed E-state index contributed by atoms with van der Waals surface area (Å²) in [6.07, 6.45) is 0.574. The number of carbonyl (C=O) groups excluding carboxylic acids is 1. The van der Waals surface area contributed by atoms with Crippen LogP contribution in [0.15, 0.2) is 48.5 Å². The van der Waals surface area contributed by atoms with Crippen LogP contribution in [0.4, 0.5) is 0 Å². The summed E-state index contributed by atoms with van der Waals surface area (Å²) in [5.74, 6) is 0.0397. The maximum Gasteiger partial charge on any atom is 0.193 e. The van der Waals surface area contributed by atoms with Gasteiger partial charge in [0.15, 0.2) is 5.78 Å². The largest absolute Gasteiger partial charge is 0.508 e. The summed E-state index contributed by atoms with van der Waals surface area (Å²) in [6.45, 7) is -0.0613. The molecule has 0 bridgehead atoms. The lowest BCUT2D eigenvalue weighted by molar-refractivity contribution is 0.103. The minimum absolute atomic E-state index is 0.0613. The highest BCUT2D eigenvalue weighted by atomic mass is 16.3. The fraction of sp³-hybridized carbons (Fsp3) is 0.188. The first kappa shape index (κ1) is 14.2. The van der Waals surface area contributed by atoms with Gasteiger partial charge in [-0.05, 0) is 36.2 Å².